The van der Waals surface area contributed by atoms with Crippen LogP contribution < -0.4 is 5.32 Å². The van der Waals surface area contributed by atoms with Gasteiger partial charge in [0.1, 0.15) is 0 Å². The molecule has 2 saturated carbocycles. The molecule has 2 unspecified atom stereocenters. The van der Waals surface area contributed by atoms with Crippen molar-refractivity contribution in [1.29, 1.82) is 0 Å². The Morgan fingerprint density at radius 3 is 2.24 bits per heavy atom. The van der Waals surface area contributed by atoms with E-state index in [0.29, 0.717) is 5.41 Å². The third-order valence-electron chi connectivity index (χ3n) is 5.15. The van der Waals surface area contributed by atoms with Gasteiger partial charge >= 0.3 is 0 Å². The number of hydrogen-bond acceptors (Lipinski definition) is 1. The lowest BCUT2D eigenvalue weighted by molar-refractivity contribution is 0.186. The first-order valence-electron chi connectivity index (χ1n) is 7.83. The number of hydrogen-bond donors (Lipinski definition) is 1. The topological polar surface area (TPSA) is 12.0 Å². The van der Waals surface area contributed by atoms with Crippen LogP contribution in [0.1, 0.15) is 78.6 Å². The van der Waals surface area contributed by atoms with Gasteiger partial charge in [0, 0.05) is 12.1 Å². The standard InChI is InChI=1S/C16H31N/c1-13-7-5-4-6-8-15(13)17-14-9-11-16(2,3)12-10-14/h13-15,17H,4-12H2,1-3H3. The van der Waals surface area contributed by atoms with Crippen LogP contribution in [-0.4, -0.2) is 12.1 Å². The quantitative estimate of drug-likeness (QED) is 0.697. The molecule has 2 aliphatic carbocycles. The minimum absolute atomic E-state index is 0.604. The van der Waals surface area contributed by atoms with E-state index >= 15 is 0 Å². The summed E-state index contributed by atoms with van der Waals surface area (Å²) in [6.07, 6.45) is 12.8. The van der Waals surface area contributed by atoms with Crippen molar-refractivity contribution >= 4 is 0 Å². The van der Waals surface area contributed by atoms with Crippen molar-refractivity contribution in [1.82, 2.24) is 5.32 Å². The Morgan fingerprint density at radius 2 is 1.53 bits per heavy atom. The summed E-state index contributed by atoms with van der Waals surface area (Å²) in [5.41, 5.74) is 0.604. The van der Waals surface area contributed by atoms with Crippen molar-refractivity contribution in [3.05, 3.63) is 0 Å². The monoisotopic (exact) mass is 237 g/mol. The second-order valence-electron chi connectivity index (χ2n) is 7.33. The van der Waals surface area contributed by atoms with E-state index in [1.54, 1.807) is 0 Å². The lowest BCUT2D eigenvalue weighted by atomic mass is 9.75. The van der Waals surface area contributed by atoms with Gasteiger partial charge in [0.15, 0.2) is 0 Å². The third kappa shape index (κ3) is 3.98. The summed E-state index contributed by atoms with van der Waals surface area (Å²) in [5, 5.41) is 3.99. The number of nitrogens with one attached hydrogen (secondary N) is 1. The van der Waals surface area contributed by atoms with E-state index in [2.05, 4.69) is 26.1 Å². The summed E-state index contributed by atoms with van der Waals surface area (Å²) < 4.78 is 0. The molecule has 0 spiro atoms. The molecule has 17 heavy (non-hydrogen) atoms. The largest absolute Gasteiger partial charge is 0.311 e. The summed E-state index contributed by atoms with van der Waals surface area (Å²) in [4.78, 5) is 0. The van der Waals surface area contributed by atoms with E-state index in [0.717, 1.165) is 18.0 Å². The van der Waals surface area contributed by atoms with Gasteiger partial charge in [0.25, 0.3) is 0 Å². The molecule has 0 saturated heterocycles. The van der Waals surface area contributed by atoms with E-state index in [1.165, 1.54) is 57.8 Å². The second kappa shape index (κ2) is 5.73. The first-order chi connectivity index (χ1) is 8.07. The highest BCUT2D eigenvalue weighted by molar-refractivity contribution is 4.86. The van der Waals surface area contributed by atoms with Crippen LogP contribution in [0.3, 0.4) is 0 Å². The van der Waals surface area contributed by atoms with E-state index in [4.69, 9.17) is 0 Å². The second-order valence-corrected chi connectivity index (χ2v) is 7.33. The molecule has 0 aromatic heterocycles. The zero-order valence-electron chi connectivity index (χ0n) is 12.1. The van der Waals surface area contributed by atoms with Crippen molar-refractivity contribution in [2.24, 2.45) is 11.3 Å². The van der Waals surface area contributed by atoms with Crippen LogP contribution in [0.15, 0.2) is 0 Å². The zero-order valence-corrected chi connectivity index (χ0v) is 12.1. The van der Waals surface area contributed by atoms with Crippen LogP contribution in [0.5, 0.6) is 0 Å². The first-order valence-corrected chi connectivity index (χ1v) is 7.83. The maximum absolute atomic E-state index is 3.99. The summed E-state index contributed by atoms with van der Waals surface area (Å²) in [6.45, 7) is 7.31. The summed E-state index contributed by atoms with van der Waals surface area (Å²) >= 11 is 0. The van der Waals surface area contributed by atoms with Crippen LogP contribution in [0.2, 0.25) is 0 Å². The predicted molar refractivity (Wildman–Crippen MR) is 75.2 cm³/mol. The van der Waals surface area contributed by atoms with Gasteiger partial charge in [-0.3, -0.25) is 0 Å². The fourth-order valence-electron chi connectivity index (χ4n) is 3.61. The fourth-order valence-corrected chi connectivity index (χ4v) is 3.61. The minimum Gasteiger partial charge on any atom is -0.311 e. The molecule has 1 nitrogen and oxygen atoms in total. The van der Waals surface area contributed by atoms with Crippen molar-refractivity contribution in [3.63, 3.8) is 0 Å². The Kier molecular flexibility index (Phi) is 4.52. The molecule has 0 amide bonds. The molecule has 1 heteroatoms. The zero-order chi connectivity index (χ0) is 12.3. The summed E-state index contributed by atoms with van der Waals surface area (Å²) in [7, 11) is 0. The molecule has 2 aliphatic rings. The van der Waals surface area contributed by atoms with Crippen LogP contribution in [-0.2, 0) is 0 Å². The van der Waals surface area contributed by atoms with Gasteiger partial charge in [0.2, 0.25) is 0 Å². The molecule has 0 aromatic rings. The van der Waals surface area contributed by atoms with E-state index in [-0.39, 0.29) is 0 Å². The molecule has 0 aromatic carbocycles. The van der Waals surface area contributed by atoms with Crippen LogP contribution in [0.4, 0.5) is 0 Å². The first kappa shape index (κ1) is 13.4. The van der Waals surface area contributed by atoms with Crippen LogP contribution in [0.25, 0.3) is 0 Å². The minimum atomic E-state index is 0.604. The Morgan fingerprint density at radius 1 is 0.882 bits per heavy atom. The van der Waals surface area contributed by atoms with Gasteiger partial charge < -0.3 is 5.32 Å². The van der Waals surface area contributed by atoms with Crippen molar-refractivity contribution in [2.45, 2.75) is 90.6 Å². The van der Waals surface area contributed by atoms with Crippen molar-refractivity contribution in [2.75, 3.05) is 0 Å². The molecule has 2 atom stereocenters. The molecule has 0 aliphatic heterocycles. The molecule has 100 valence electrons. The third-order valence-corrected chi connectivity index (χ3v) is 5.15. The SMILES string of the molecule is CC1CCCCCC1NC1CCC(C)(C)CC1. The normalized spacial score (nSPS) is 35.5. The Hall–Kier alpha value is -0.0400. The molecule has 2 fully saturated rings. The lowest BCUT2D eigenvalue weighted by Gasteiger charge is -2.37. The maximum atomic E-state index is 3.99. The molecular formula is C16H31N. The smallest absolute Gasteiger partial charge is 0.00952 e. The highest BCUT2D eigenvalue weighted by atomic mass is 15.0. The molecule has 0 bridgehead atoms. The average molecular weight is 237 g/mol. The van der Waals surface area contributed by atoms with Gasteiger partial charge in [-0.05, 0) is 49.9 Å². The van der Waals surface area contributed by atoms with E-state index in [1.807, 2.05) is 0 Å². The highest BCUT2D eigenvalue weighted by Gasteiger charge is 2.29. The summed E-state index contributed by atoms with van der Waals surface area (Å²) in [6, 6.07) is 1.62. The van der Waals surface area contributed by atoms with Gasteiger partial charge in [-0.15, -0.1) is 0 Å². The van der Waals surface area contributed by atoms with Gasteiger partial charge in [-0.1, -0.05) is 40.0 Å². The lowest BCUT2D eigenvalue weighted by Crippen LogP contribution is -2.44. The maximum Gasteiger partial charge on any atom is 0.00952 e. The van der Waals surface area contributed by atoms with Crippen molar-refractivity contribution < 1.29 is 0 Å². The van der Waals surface area contributed by atoms with Gasteiger partial charge in [-0.25, -0.2) is 0 Å². The molecule has 0 radical (unpaired) electrons. The molecule has 1 N–H and O–H groups in total. The predicted octanol–water partition coefficient (Wildman–Crippen LogP) is 4.51. The van der Waals surface area contributed by atoms with Gasteiger partial charge in [0.05, 0.1) is 0 Å². The molecule has 2 rings (SSSR count). The van der Waals surface area contributed by atoms with E-state index < -0.39 is 0 Å². The Balaban J connectivity index is 1.80. The molecule has 0 heterocycles. The van der Waals surface area contributed by atoms with E-state index in [9.17, 15) is 0 Å². The average Bonchev–Trinajstić information content (AvgIpc) is 2.47. The Bertz CT molecular complexity index is 224. The van der Waals surface area contributed by atoms with Crippen molar-refractivity contribution in [3.8, 4) is 0 Å². The fraction of sp³-hybridized carbons (Fsp3) is 1.00. The van der Waals surface area contributed by atoms with Crippen LogP contribution in [0, 0.1) is 11.3 Å². The number of rotatable bonds is 2. The van der Waals surface area contributed by atoms with Gasteiger partial charge in [-0.2, -0.15) is 0 Å². The highest BCUT2D eigenvalue weighted by Crippen LogP contribution is 2.35. The molecular weight excluding hydrogens is 206 g/mol. The summed E-state index contributed by atoms with van der Waals surface area (Å²) in [5.74, 6) is 0.896. The van der Waals surface area contributed by atoms with Crippen LogP contribution >= 0.6 is 0 Å². The Labute approximate surface area is 108 Å².